The number of amides is 4. The van der Waals surface area contributed by atoms with E-state index < -0.39 is 80.5 Å². The number of methoxy groups -OCH3 is 1. The number of carbonyl (C=O) groups excluding carboxylic acids is 4. The number of hydrogen-bond acceptors (Lipinski definition) is 11. The second kappa shape index (κ2) is 17.5. The summed E-state index contributed by atoms with van der Waals surface area (Å²) in [6, 6.07) is 8.78. The molecule has 3 saturated carbocycles. The van der Waals surface area contributed by atoms with Gasteiger partial charge in [0.15, 0.2) is 11.3 Å². The summed E-state index contributed by atoms with van der Waals surface area (Å²) in [7, 11) is -2.48. The van der Waals surface area contributed by atoms with E-state index in [1.807, 2.05) is 12.2 Å². The van der Waals surface area contributed by atoms with Crippen molar-refractivity contribution in [3.8, 4) is 22.8 Å². The van der Waals surface area contributed by atoms with Crippen molar-refractivity contribution < 1.29 is 59.4 Å². The lowest BCUT2D eigenvalue weighted by molar-refractivity contribution is -0.141. The van der Waals surface area contributed by atoms with Gasteiger partial charge in [0.05, 0.1) is 30.2 Å². The summed E-state index contributed by atoms with van der Waals surface area (Å²) >= 11 is 0. The van der Waals surface area contributed by atoms with E-state index >= 15 is 0 Å². The molecular weight excluding hydrogens is 872 g/mol. The molecule has 2 aromatic carbocycles. The van der Waals surface area contributed by atoms with Gasteiger partial charge in [-0.05, 0) is 88.5 Å². The zero-order chi connectivity index (χ0) is 45.7. The summed E-state index contributed by atoms with van der Waals surface area (Å²) in [6.45, 7) is -0.168. The predicted octanol–water partition coefficient (Wildman–Crippen LogP) is 7.06. The zero-order valence-electron chi connectivity index (χ0n) is 35.7. The maximum Gasteiger partial charge on any atom is 0.416 e. The van der Waals surface area contributed by atoms with Crippen LogP contribution >= 0.6 is 0 Å². The van der Waals surface area contributed by atoms with Crippen molar-refractivity contribution >= 4 is 55.9 Å². The molecule has 346 valence electrons. The molecule has 15 nitrogen and oxygen atoms in total. The molecule has 2 aromatic heterocycles. The average Bonchev–Trinajstić information content (AvgIpc) is 4.09. The molecule has 1 saturated heterocycles. The Kier molecular flexibility index (Phi) is 11.9. The Balaban J connectivity index is 1.07. The van der Waals surface area contributed by atoms with Gasteiger partial charge in [0, 0.05) is 35.4 Å². The van der Waals surface area contributed by atoms with E-state index in [2.05, 4.69) is 15.4 Å². The Morgan fingerprint density at radius 3 is 2.43 bits per heavy atom. The number of rotatable bonds is 9. The van der Waals surface area contributed by atoms with Crippen LogP contribution in [0, 0.1) is 5.92 Å². The van der Waals surface area contributed by atoms with Gasteiger partial charge in [0.25, 0.3) is 5.91 Å². The van der Waals surface area contributed by atoms with Crippen molar-refractivity contribution in [2.24, 2.45) is 5.92 Å². The van der Waals surface area contributed by atoms with Crippen LogP contribution in [-0.4, -0.2) is 90.9 Å². The molecule has 2 aliphatic heterocycles. The summed E-state index contributed by atoms with van der Waals surface area (Å²) in [4.78, 5) is 62.8. The van der Waals surface area contributed by atoms with Crippen molar-refractivity contribution in [3.63, 3.8) is 0 Å². The molecule has 4 heterocycles. The topological polar surface area (TPSA) is 195 Å². The fourth-order valence-corrected chi connectivity index (χ4v) is 10.6. The Labute approximate surface area is 372 Å². The molecule has 4 fully saturated rings. The molecule has 4 aromatic rings. The standard InChI is InChI=1S/C46H50F3N5O10S/c1-61-30-17-20-33-37(22-30)64-40-38(23-35(50-39(33)40)26-13-15-27(16-14-26)46(47,48)49)62-31-21-36-41(55)52-45(43(57)53-65(59,60)32-18-19-32)24-28(45)9-5-3-2-4-6-12-34(42(56)54(36)25-31)51-44(58)63-29-10-7-8-11-29/h5,9,13-17,20,22-23,28-29,31-32,34,36H,2-4,6-8,10-12,18-19,21,24-25H2,1H3,(H,51,58)(H,52,55)(H,53,57)/t28-,31-,34+,36+,45-/m1/s1. The van der Waals surface area contributed by atoms with Crippen molar-refractivity contribution in [3.05, 3.63) is 66.2 Å². The van der Waals surface area contributed by atoms with Gasteiger partial charge in [0.2, 0.25) is 21.8 Å². The van der Waals surface area contributed by atoms with Crippen LogP contribution in [0.2, 0.25) is 0 Å². The lowest BCUT2D eigenvalue weighted by atomic mass is 10.0. The van der Waals surface area contributed by atoms with E-state index in [-0.39, 0.29) is 48.9 Å². The monoisotopic (exact) mass is 921 g/mol. The molecule has 19 heteroatoms. The van der Waals surface area contributed by atoms with Gasteiger partial charge >= 0.3 is 12.3 Å². The molecule has 5 aliphatic rings. The minimum Gasteiger partial charge on any atom is -0.497 e. The minimum absolute atomic E-state index is 0.108. The number of hydrogen-bond donors (Lipinski definition) is 3. The number of ether oxygens (including phenoxy) is 3. The molecule has 0 bridgehead atoms. The number of furan rings is 1. The first kappa shape index (κ1) is 44.4. The van der Waals surface area contributed by atoms with Crippen molar-refractivity contribution in [2.45, 2.75) is 125 Å². The second-order valence-electron chi connectivity index (χ2n) is 17.7. The first-order chi connectivity index (χ1) is 31.1. The minimum atomic E-state index is -4.56. The maximum absolute atomic E-state index is 14.8. The Hall–Kier alpha value is -5.85. The number of benzene rings is 2. The van der Waals surface area contributed by atoms with Gasteiger partial charge in [0.1, 0.15) is 46.7 Å². The van der Waals surface area contributed by atoms with E-state index in [1.165, 1.54) is 30.2 Å². The molecule has 0 spiro atoms. The summed E-state index contributed by atoms with van der Waals surface area (Å²) in [5.74, 6) is -2.04. The predicted molar refractivity (Wildman–Crippen MR) is 230 cm³/mol. The van der Waals surface area contributed by atoms with Gasteiger partial charge in [-0.25, -0.2) is 18.2 Å². The quantitative estimate of drug-likeness (QED) is 0.145. The van der Waals surface area contributed by atoms with Crippen LogP contribution in [0.1, 0.15) is 89.0 Å². The van der Waals surface area contributed by atoms with E-state index in [0.29, 0.717) is 72.7 Å². The third-order valence-corrected chi connectivity index (χ3v) is 14.9. The highest BCUT2D eigenvalue weighted by Gasteiger charge is 2.62. The number of pyridine rings is 1. The third kappa shape index (κ3) is 9.33. The number of halogens is 3. The highest BCUT2D eigenvalue weighted by atomic mass is 32.2. The number of alkyl halides is 3. The fourth-order valence-electron chi connectivity index (χ4n) is 9.24. The Bertz CT molecular complexity index is 2640. The lowest BCUT2D eigenvalue weighted by Crippen LogP contribution is -2.58. The van der Waals surface area contributed by atoms with Crippen LogP contribution in [0.15, 0.2) is 65.1 Å². The lowest BCUT2D eigenvalue weighted by Gasteiger charge is -2.30. The van der Waals surface area contributed by atoms with Gasteiger partial charge in [-0.1, -0.05) is 37.1 Å². The average molecular weight is 922 g/mol. The van der Waals surface area contributed by atoms with Crippen LogP contribution in [0.5, 0.6) is 11.5 Å². The molecule has 4 amide bonds. The first-order valence-corrected chi connectivity index (χ1v) is 23.7. The molecular formula is C46H50F3N5O10S. The van der Waals surface area contributed by atoms with Crippen LogP contribution in [0.25, 0.3) is 33.3 Å². The van der Waals surface area contributed by atoms with Gasteiger partial charge in [-0.15, -0.1) is 0 Å². The van der Waals surface area contributed by atoms with Crippen LogP contribution in [0.4, 0.5) is 18.0 Å². The summed E-state index contributed by atoms with van der Waals surface area (Å²) in [5.41, 5.74) is -0.923. The van der Waals surface area contributed by atoms with Crippen molar-refractivity contribution in [1.29, 1.82) is 0 Å². The van der Waals surface area contributed by atoms with Crippen LogP contribution in [0.3, 0.4) is 0 Å². The second-order valence-corrected chi connectivity index (χ2v) is 19.7. The van der Waals surface area contributed by atoms with Gasteiger partial charge in [-0.2, -0.15) is 13.2 Å². The maximum atomic E-state index is 14.8. The SMILES string of the molecule is COc1ccc2c(c1)oc1c(O[C@@H]3C[C@H]4C(=O)N[C@]5(C(=O)NS(=O)(=O)C6CC6)C[C@H]5C=CCCCCC[C@H](NC(=O)OC5CCCC5)C(=O)N4C3)cc(-c3ccc(C(F)(F)F)cc3)nc12. The number of sulfonamides is 1. The number of nitrogens with one attached hydrogen (secondary N) is 3. The summed E-state index contributed by atoms with van der Waals surface area (Å²) in [6.07, 6.45) is 4.29. The smallest absolute Gasteiger partial charge is 0.416 e. The van der Waals surface area contributed by atoms with Crippen molar-refractivity contribution in [1.82, 2.24) is 25.2 Å². The normalized spacial score (nSPS) is 25.6. The molecule has 3 aliphatic carbocycles. The molecule has 0 radical (unpaired) electrons. The number of alkyl carbamates (subject to hydrolysis) is 1. The van der Waals surface area contributed by atoms with Crippen LogP contribution in [-0.2, 0) is 35.3 Å². The van der Waals surface area contributed by atoms with Gasteiger partial charge < -0.3 is 34.2 Å². The largest absolute Gasteiger partial charge is 0.497 e. The Morgan fingerprint density at radius 2 is 1.71 bits per heavy atom. The Morgan fingerprint density at radius 1 is 0.954 bits per heavy atom. The third-order valence-electron chi connectivity index (χ3n) is 13.1. The summed E-state index contributed by atoms with van der Waals surface area (Å²) < 4.78 is 92.8. The number of fused-ring (bicyclic) bond motifs is 5. The zero-order valence-corrected chi connectivity index (χ0v) is 36.5. The molecule has 5 atom stereocenters. The molecule has 65 heavy (non-hydrogen) atoms. The number of allylic oxidation sites excluding steroid dienone is 1. The van der Waals surface area contributed by atoms with Crippen LogP contribution < -0.4 is 24.8 Å². The van der Waals surface area contributed by atoms with E-state index in [1.54, 1.807) is 18.2 Å². The van der Waals surface area contributed by atoms with Crippen molar-refractivity contribution in [2.75, 3.05) is 13.7 Å². The fraction of sp³-hybridized carbons (Fsp3) is 0.500. The molecule has 0 unspecified atom stereocenters. The number of nitrogens with zero attached hydrogens (tertiary/aromatic N) is 2. The summed E-state index contributed by atoms with van der Waals surface area (Å²) in [5, 5.41) is 5.51. The van der Waals surface area contributed by atoms with E-state index in [0.717, 1.165) is 31.4 Å². The van der Waals surface area contributed by atoms with E-state index in [9.17, 15) is 40.8 Å². The molecule has 9 rings (SSSR count). The highest BCUT2D eigenvalue weighted by molar-refractivity contribution is 7.91. The first-order valence-electron chi connectivity index (χ1n) is 22.2. The number of carbonyl (C=O) groups is 4. The molecule has 3 N–H and O–H groups in total. The van der Waals surface area contributed by atoms with Gasteiger partial charge in [-0.3, -0.25) is 19.1 Å². The van der Waals surface area contributed by atoms with E-state index in [4.69, 9.17) is 23.6 Å². The highest BCUT2D eigenvalue weighted by Crippen LogP contribution is 2.46. The number of aromatic nitrogens is 1.